The van der Waals surface area contributed by atoms with Crippen molar-refractivity contribution in [3.05, 3.63) is 87.8 Å². The lowest BCUT2D eigenvalue weighted by molar-refractivity contribution is 0.0827. The first kappa shape index (κ1) is 28.8. The van der Waals surface area contributed by atoms with E-state index < -0.39 is 31.2 Å². The third-order valence-electron chi connectivity index (χ3n) is 6.59. The highest BCUT2D eigenvalue weighted by Gasteiger charge is 2.50. The van der Waals surface area contributed by atoms with Gasteiger partial charge in [-0.3, -0.25) is 13.9 Å². The SMILES string of the molecule is CC(OP(=O)(N1CC1)N1CC1)c1cc(F)c(OCc2ccc(N=O)c(Oc3ccc(C(=O)N(C)C)cc3)c2)c(F)c1. The van der Waals surface area contributed by atoms with E-state index in [0.29, 0.717) is 43.1 Å². The van der Waals surface area contributed by atoms with Gasteiger partial charge in [0.2, 0.25) is 0 Å². The van der Waals surface area contributed by atoms with E-state index in [1.165, 1.54) is 23.1 Å². The number of rotatable bonds is 12. The number of nitrogens with zero attached hydrogens (tertiary/aromatic N) is 4. The number of hydrogen-bond donors (Lipinski definition) is 0. The summed E-state index contributed by atoms with van der Waals surface area (Å²) in [4.78, 5) is 24.9. The Hall–Kier alpha value is -3.70. The van der Waals surface area contributed by atoms with Crippen LogP contribution in [0.4, 0.5) is 14.5 Å². The van der Waals surface area contributed by atoms with Gasteiger partial charge in [0.1, 0.15) is 12.4 Å². The Kier molecular flexibility index (Phi) is 8.19. The first-order valence-corrected chi connectivity index (χ1v) is 14.5. The van der Waals surface area contributed by atoms with E-state index in [1.54, 1.807) is 54.6 Å². The van der Waals surface area contributed by atoms with Crippen LogP contribution in [0.3, 0.4) is 0 Å². The van der Waals surface area contributed by atoms with Crippen molar-refractivity contribution < 1.29 is 32.1 Å². The molecule has 1 amide bonds. The average Bonchev–Trinajstić information content (AvgIpc) is 3.85. The minimum absolute atomic E-state index is 0.0141. The maximum Gasteiger partial charge on any atom is 0.346 e. The molecule has 0 N–H and O–H groups in total. The molecule has 5 rings (SSSR count). The Balaban J connectivity index is 1.27. The molecule has 0 spiro atoms. The maximum absolute atomic E-state index is 15.0. The van der Waals surface area contributed by atoms with E-state index in [-0.39, 0.29) is 29.5 Å². The molecule has 2 heterocycles. The Morgan fingerprint density at radius 2 is 1.61 bits per heavy atom. The van der Waals surface area contributed by atoms with E-state index in [1.807, 2.05) is 0 Å². The fourth-order valence-corrected chi connectivity index (χ4v) is 6.49. The van der Waals surface area contributed by atoms with Crippen LogP contribution in [0.2, 0.25) is 0 Å². The number of hydrogen-bond acceptors (Lipinski definition) is 7. The van der Waals surface area contributed by atoms with E-state index >= 15 is 0 Å². The van der Waals surface area contributed by atoms with E-state index in [4.69, 9.17) is 14.0 Å². The summed E-state index contributed by atoms with van der Waals surface area (Å²) < 4.78 is 63.7. The molecule has 1 atom stereocenters. The first-order valence-electron chi connectivity index (χ1n) is 13.0. The summed E-state index contributed by atoms with van der Waals surface area (Å²) in [6.07, 6.45) is -0.807. The number of carbonyl (C=O) groups is 1. The number of nitroso groups, excluding NO2 is 1. The van der Waals surface area contributed by atoms with Gasteiger partial charge in [-0.2, -0.15) is 0 Å². The highest BCUT2D eigenvalue weighted by Crippen LogP contribution is 2.63. The summed E-state index contributed by atoms with van der Waals surface area (Å²) in [6, 6.07) is 13.0. The van der Waals surface area contributed by atoms with Gasteiger partial charge in [-0.25, -0.2) is 18.1 Å². The summed E-state index contributed by atoms with van der Waals surface area (Å²) in [7, 11) is 0.113. The molecular formula is C28H29F2N4O6P. The van der Waals surface area contributed by atoms with Crippen molar-refractivity contribution >= 4 is 19.3 Å². The molecule has 13 heteroatoms. The molecule has 1 unspecified atom stereocenters. The number of halogens is 2. The Labute approximate surface area is 235 Å². The molecule has 3 aromatic rings. The van der Waals surface area contributed by atoms with Crippen LogP contribution in [0.25, 0.3) is 0 Å². The van der Waals surface area contributed by atoms with Gasteiger partial charge in [0, 0.05) is 45.8 Å². The first-order chi connectivity index (χ1) is 19.6. The summed E-state index contributed by atoms with van der Waals surface area (Å²) >= 11 is 0. The zero-order valence-electron chi connectivity index (χ0n) is 22.8. The highest BCUT2D eigenvalue weighted by molar-refractivity contribution is 7.54. The fourth-order valence-electron chi connectivity index (χ4n) is 4.14. The van der Waals surface area contributed by atoms with Crippen molar-refractivity contribution in [3.8, 4) is 17.2 Å². The zero-order chi connectivity index (χ0) is 29.3. The molecule has 0 radical (unpaired) electrons. The van der Waals surface area contributed by atoms with Crippen LogP contribution in [0.5, 0.6) is 17.2 Å². The molecule has 0 aliphatic carbocycles. The summed E-state index contributed by atoms with van der Waals surface area (Å²) in [5.74, 6) is -2.15. The van der Waals surface area contributed by atoms with Gasteiger partial charge in [0.15, 0.2) is 28.8 Å². The molecule has 2 aliphatic rings. The predicted molar refractivity (Wildman–Crippen MR) is 147 cm³/mol. The molecular weight excluding hydrogens is 557 g/mol. The second kappa shape index (κ2) is 11.7. The van der Waals surface area contributed by atoms with Gasteiger partial charge in [-0.15, -0.1) is 4.91 Å². The van der Waals surface area contributed by atoms with Crippen LogP contribution in [0.15, 0.2) is 59.8 Å². The fraction of sp³-hybridized carbons (Fsp3) is 0.321. The number of benzene rings is 3. The molecule has 0 aromatic heterocycles. The van der Waals surface area contributed by atoms with Crippen LogP contribution in [0, 0.1) is 16.5 Å². The van der Waals surface area contributed by atoms with Gasteiger partial charge < -0.3 is 14.4 Å². The Morgan fingerprint density at radius 1 is 1.00 bits per heavy atom. The molecule has 2 saturated heterocycles. The smallest absolute Gasteiger partial charge is 0.346 e. The van der Waals surface area contributed by atoms with Gasteiger partial charge in [-0.05, 0) is 71.8 Å². The maximum atomic E-state index is 15.0. The lowest BCUT2D eigenvalue weighted by Gasteiger charge is -2.24. The zero-order valence-corrected chi connectivity index (χ0v) is 23.6. The van der Waals surface area contributed by atoms with Gasteiger partial charge in [-0.1, -0.05) is 6.07 Å². The van der Waals surface area contributed by atoms with Crippen molar-refractivity contribution in [2.75, 3.05) is 40.3 Å². The summed E-state index contributed by atoms with van der Waals surface area (Å²) in [5.41, 5.74) is 1.14. The second-order valence-corrected chi connectivity index (χ2v) is 12.3. The van der Waals surface area contributed by atoms with Crippen LogP contribution in [-0.4, -0.2) is 60.4 Å². The van der Waals surface area contributed by atoms with E-state index in [2.05, 4.69) is 5.18 Å². The topological polar surface area (TPSA) is 101 Å². The largest absolute Gasteiger partial charge is 0.483 e. The van der Waals surface area contributed by atoms with Crippen LogP contribution in [-0.2, 0) is 15.7 Å². The Morgan fingerprint density at radius 3 is 2.15 bits per heavy atom. The summed E-state index contributed by atoms with van der Waals surface area (Å²) in [5, 5.41) is 2.97. The van der Waals surface area contributed by atoms with Gasteiger partial charge in [0.25, 0.3) is 5.91 Å². The molecule has 2 fully saturated rings. The normalized spacial score (nSPS) is 15.7. The third-order valence-corrected chi connectivity index (χ3v) is 9.41. The van der Waals surface area contributed by atoms with Crippen LogP contribution < -0.4 is 9.47 Å². The van der Waals surface area contributed by atoms with Crippen molar-refractivity contribution in [1.29, 1.82) is 0 Å². The molecule has 3 aromatic carbocycles. The number of ether oxygens (including phenoxy) is 2. The highest BCUT2D eigenvalue weighted by atomic mass is 31.2. The summed E-state index contributed by atoms with van der Waals surface area (Å²) in [6.45, 7) is 4.02. The van der Waals surface area contributed by atoms with Crippen LogP contribution in [0.1, 0.15) is 34.5 Å². The Bertz CT molecular complexity index is 1470. The van der Waals surface area contributed by atoms with Gasteiger partial charge >= 0.3 is 7.67 Å². The third kappa shape index (κ3) is 6.46. The minimum atomic E-state index is -3.17. The molecule has 216 valence electrons. The van der Waals surface area contributed by atoms with Crippen molar-refractivity contribution in [2.45, 2.75) is 19.6 Å². The molecule has 0 saturated carbocycles. The monoisotopic (exact) mass is 586 g/mol. The quantitative estimate of drug-likeness (QED) is 0.139. The molecule has 41 heavy (non-hydrogen) atoms. The lowest BCUT2D eigenvalue weighted by atomic mass is 10.1. The van der Waals surface area contributed by atoms with Crippen molar-refractivity contribution in [3.63, 3.8) is 0 Å². The molecule has 10 nitrogen and oxygen atoms in total. The standard InChI is InChI=1S/C28H29F2N4O6P/c1-18(40-41(37,33-10-11-33)34-12-13-34)21-15-23(29)27(24(30)16-21)38-17-19-4-9-25(31-36)26(14-19)39-22-7-5-20(6-8-22)28(35)32(2)3/h4-9,14-16,18H,10-13,17H2,1-3H3. The van der Waals surface area contributed by atoms with Gasteiger partial charge in [0.05, 0.1) is 6.10 Å². The predicted octanol–water partition coefficient (Wildman–Crippen LogP) is 6.25. The number of amides is 1. The van der Waals surface area contributed by atoms with E-state index in [9.17, 15) is 23.0 Å². The average molecular weight is 587 g/mol. The number of carbonyl (C=O) groups excluding carboxylic acids is 1. The molecule has 2 aliphatic heterocycles. The van der Waals surface area contributed by atoms with Crippen molar-refractivity contribution in [1.82, 2.24) is 14.2 Å². The second-order valence-electron chi connectivity index (χ2n) is 9.97. The van der Waals surface area contributed by atoms with E-state index in [0.717, 1.165) is 12.1 Å². The van der Waals surface area contributed by atoms with Crippen molar-refractivity contribution in [2.24, 2.45) is 5.18 Å². The lowest BCUT2D eigenvalue weighted by Crippen LogP contribution is -2.21. The molecule has 0 bridgehead atoms. The van der Waals surface area contributed by atoms with Crippen LogP contribution >= 0.6 is 7.67 Å². The minimum Gasteiger partial charge on any atom is -0.483 e.